The Bertz CT molecular complexity index is 444. The molecular weight excluding hydrogens is 222 g/mol. The molecule has 1 aromatic carbocycles. The number of aliphatic hydroxyl groups is 1. The number of nitrogens with one attached hydrogen (secondary N) is 1. The summed E-state index contributed by atoms with van der Waals surface area (Å²) >= 11 is 0. The minimum absolute atomic E-state index is 0.126. The Morgan fingerprint density at radius 3 is 2.76 bits per heavy atom. The molecule has 17 heavy (non-hydrogen) atoms. The molecule has 0 amide bonds. The van der Waals surface area contributed by atoms with Crippen molar-refractivity contribution in [3.8, 4) is 0 Å². The number of nitro benzene ring substituents is 1. The second-order valence-electron chi connectivity index (χ2n) is 4.43. The summed E-state index contributed by atoms with van der Waals surface area (Å²) in [7, 11) is 0. The van der Waals surface area contributed by atoms with Gasteiger partial charge in [-0.25, -0.2) is 0 Å². The van der Waals surface area contributed by atoms with E-state index in [1.54, 1.807) is 12.1 Å². The fraction of sp³-hybridized carbons (Fsp3) is 0.455. The van der Waals surface area contributed by atoms with Crippen molar-refractivity contribution >= 4 is 17.1 Å². The molecule has 1 aromatic rings. The van der Waals surface area contributed by atoms with Crippen molar-refractivity contribution in [1.82, 2.24) is 0 Å². The average Bonchev–Trinajstić information content (AvgIpc) is 2.23. The van der Waals surface area contributed by atoms with Crippen molar-refractivity contribution in [2.45, 2.75) is 24.9 Å². The van der Waals surface area contributed by atoms with E-state index in [0.29, 0.717) is 12.2 Å². The highest BCUT2D eigenvalue weighted by Gasteiger charge is 2.34. The predicted molar refractivity (Wildman–Crippen MR) is 64.8 cm³/mol. The van der Waals surface area contributed by atoms with E-state index in [4.69, 9.17) is 5.73 Å². The van der Waals surface area contributed by atoms with Crippen LogP contribution in [0.3, 0.4) is 0 Å². The summed E-state index contributed by atoms with van der Waals surface area (Å²) in [5.41, 5.74) is 5.19. The summed E-state index contributed by atoms with van der Waals surface area (Å²) in [4.78, 5) is 10.4. The minimum Gasteiger partial charge on any atom is -0.393 e. The van der Waals surface area contributed by atoms with Crippen LogP contribution in [0, 0.1) is 10.1 Å². The SMILES string of the molecule is Nc1cccc(NCC2(O)CCC2)c1[N+](=O)[O-]. The molecule has 0 heterocycles. The monoisotopic (exact) mass is 237 g/mol. The van der Waals surface area contributed by atoms with Crippen LogP contribution in [0.4, 0.5) is 17.1 Å². The van der Waals surface area contributed by atoms with Crippen LogP contribution in [-0.2, 0) is 0 Å². The highest BCUT2D eigenvalue weighted by atomic mass is 16.6. The topological polar surface area (TPSA) is 101 Å². The van der Waals surface area contributed by atoms with E-state index in [1.807, 2.05) is 0 Å². The number of anilines is 2. The van der Waals surface area contributed by atoms with Crippen LogP contribution < -0.4 is 11.1 Å². The maximum Gasteiger partial charge on any atom is 0.314 e. The van der Waals surface area contributed by atoms with Crippen molar-refractivity contribution in [3.05, 3.63) is 28.3 Å². The van der Waals surface area contributed by atoms with Gasteiger partial charge in [0.1, 0.15) is 11.4 Å². The highest BCUT2D eigenvalue weighted by Crippen LogP contribution is 2.34. The molecule has 2 rings (SSSR count). The number of nitrogen functional groups attached to an aromatic ring is 1. The normalized spacial score (nSPS) is 17.2. The molecule has 1 aliphatic rings. The number of para-hydroxylation sites is 1. The first-order valence-corrected chi connectivity index (χ1v) is 5.51. The molecular formula is C11H15N3O3. The Morgan fingerprint density at radius 1 is 1.53 bits per heavy atom. The first-order valence-electron chi connectivity index (χ1n) is 5.51. The molecule has 4 N–H and O–H groups in total. The Balaban J connectivity index is 2.15. The second-order valence-corrected chi connectivity index (χ2v) is 4.43. The van der Waals surface area contributed by atoms with Crippen molar-refractivity contribution in [2.24, 2.45) is 0 Å². The Labute approximate surface area is 98.6 Å². The van der Waals surface area contributed by atoms with Gasteiger partial charge in [0.05, 0.1) is 10.5 Å². The van der Waals surface area contributed by atoms with Crippen LogP contribution in [-0.4, -0.2) is 22.2 Å². The van der Waals surface area contributed by atoms with E-state index in [0.717, 1.165) is 19.3 Å². The lowest BCUT2D eigenvalue weighted by Crippen LogP contribution is -2.43. The van der Waals surface area contributed by atoms with Crippen LogP contribution in [0.15, 0.2) is 18.2 Å². The highest BCUT2D eigenvalue weighted by molar-refractivity contribution is 5.74. The minimum atomic E-state index is -0.724. The molecule has 0 bridgehead atoms. The van der Waals surface area contributed by atoms with Crippen LogP contribution in [0.5, 0.6) is 0 Å². The molecule has 0 radical (unpaired) electrons. The van der Waals surface area contributed by atoms with Crippen LogP contribution in [0.2, 0.25) is 0 Å². The van der Waals surface area contributed by atoms with E-state index in [1.165, 1.54) is 6.07 Å². The van der Waals surface area contributed by atoms with Gasteiger partial charge in [-0.15, -0.1) is 0 Å². The van der Waals surface area contributed by atoms with Crippen LogP contribution in [0.25, 0.3) is 0 Å². The molecule has 92 valence electrons. The fourth-order valence-corrected chi connectivity index (χ4v) is 1.93. The number of hydrogen-bond donors (Lipinski definition) is 3. The zero-order valence-electron chi connectivity index (χ0n) is 9.35. The van der Waals surface area contributed by atoms with Crippen LogP contribution >= 0.6 is 0 Å². The molecule has 1 aliphatic carbocycles. The van der Waals surface area contributed by atoms with Gasteiger partial charge >= 0.3 is 5.69 Å². The summed E-state index contributed by atoms with van der Waals surface area (Å²) in [6, 6.07) is 4.73. The Morgan fingerprint density at radius 2 is 2.24 bits per heavy atom. The molecule has 0 aliphatic heterocycles. The fourth-order valence-electron chi connectivity index (χ4n) is 1.93. The standard InChI is InChI=1S/C11H15N3O3/c12-8-3-1-4-9(10(8)14(16)17)13-7-11(15)5-2-6-11/h1,3-4,13,15H,2,5-7,12H2. The van der Waals surface area contributed by atoms with Crippen molar-refractivity contribution in [1.29, 1.82) is 0 Å². The van der Waals surface area contributed by atoms with Gasteiger partial charge in [-0.2, -0.15) is 0 Å². The second kappa shape index (κ2) is 4.21. The molecule has 0 spiro atoms. The third-order valence-electron chi connectivity index (χ3n) is 3.14. The molecule has 0 atom stereocenters. The molecule has 0 saturated heterocycles. The van der Waals surface area contributed by atoms with Crippen molar-refractivity contribution in [3.63, 3.8) is 0 Å². The van der Waals surface area contributed by atoms with Gasteiger partial charge in [0.15, 0.2) is 0 Å². The van der Waals surface area contributed by atoms with E-state index in [2.05, 4.69) is 5.32 Å². The lowest BCUT2D eigenvalue weighted by atomic mass is 9.80. The lowest BCUT2D eigenvalue weighted by Gasteiger charge is -2.36. The molecule has 1 fully saturated rings. The number of rotatable bonds is 4. The van der Waals surface area contributed by atoms with Gasteiger partial charge in [-0.1, -0.05) is 6.07 Å². The maximum absolute atomic E-state index is 10.9. The van der Waals surface area contributed by atoms with Gasteiger partial charge in [0.2, 0.25) is 0 Å². The maximum atomic E-state index is 10.9. The van der Waals surface area contributed by atoms with Gasteiger partial charge in [0.25, 0.3) is 0 Å². The third-order valence-corrected chi connectivity index (χ3v) is 3.14. The van der Waals surface area contributed by atoms with Gasteiger partial charge in [0, 0.05) is 6.54 Å². The van der Waals surface area contributed by atoms with Gasteiger partial charge in [-0.05, 0) is 31.4 Å². The molecule has 6 heteroatoms. The largest absolute Gasteiger partial charge is 0.393 e. The molecule has 6 nitrogen and oxygen atoms in total. The van der Waals surface area contributed by atoms with Crippen molar-refractivity contribution in [2.75, 3.05) is 17.6 Å². The van der Waals surface area contributed by atoms with Crippen LogP contribution in [0.1, 0.15) is 19.3 Å². The van der Waals surface area contributed by atoms with Gasteiger partial charge < -0.3 is 16.2 Å². The summed E-state index contributed by atoms with van der Waals surface area (Å²) in [5.74, 6) is 0. The Hall–Kier alpha value is -1.82. The first kappa shape index (κ1) is 11.7. The number of nitrogens with two attached hydrogens (primary N) is 1. The van der Waals surface area contributed by atoms with E-state index >= 15 is 0 Å². The van der Waals surface area contributed by atoms with E-state index in [9.17, 15) is 15.2 Å². The summed E-state index contributed by atoms with van der Waals surface area (Å²) in [5, 5.41) is 23.7. The zero-order chi connectivity index (χ0) is 12.5. The van der Waals surface area contributed by atoms with Gasteiger partial charge in [-0.3, -0.25) is 10.1 Å². The number of hydrogen-bond acceptors (Lipinski definition) is 5. The van der Waals surface area contributed by atoms with E-state index < -0.39 is 10.5 Å². The number of nitro groups is 1. The first-order chi connectivity index (χ1) is 8.02. The number of nitrogens with zero attached hydrogens (tertiary/aromatic N) is 1. The quantitative estimate of drug-likeness (QED) is 0.418. The van der Waals surface area contributed by atoms with Crippen molar-refractivity contribution < 1.29 is 10.0 Å². The summed E-state index contributed by atoms with van der Waals surface area (Å²) < 4.78 is 0. The average molecular weight is 237 g/mol. The lowest BCUT2D eigenvalue weighted by molar-refractivity contribution is -0.383. The zero-order valence-corrected chi connectivity index (χ0v) is 9.35. The van der Waals surface area contributed by atoms with E-state index in [-0.39, 0.29) is 11.4 Å². The summed E-state index contributed by atoms with van der Waals surface area (Å²) in [6.07, 6.45) is 2.46. The predicted octanol–water partition coefficient (Wildman–Crippen LogP) is 1.50. The molecule has 1 saturated carbocycles. The number of benzene rings is 1. The molecule has 0 aromatic heterocycles. The third kappa shape index (κ3) is 2.31. The smallest absolute Gasteiger partial charge is 0.314 e. The summed E-state index contributed by atoms with van der Waals surface area (Å²) in [6.45, 7) is 0.317. The Kier molecular flexibility index (Phi) is 2.89. The molecule has 0 unspecified atom stereocenters.